The molecule has 52 heavy (non-hydrogen) atoms. The zero-order chi connectivity index (χ0) is 38.2. The van der Waals surface area contributed by atoms with Gasteiger partial charge in [-0.2, -0.15) is 0 Å². The Hall–Kier alpha value is -5.34. The number of terminal acetylenes is 2. The molecule has 11 nitrogen and oxygen atoms in total. The van der Waals surface area contributed by atoms with Crippen LogP contribution in [0.15, 0.2) is 62.8 Å². The lowest BCUT2D eigenvalue weighted by atomic mass is 10.2. The summed E-state index contributed by atoms with van der Waals surface area (Å²) in [6.45, 7) is 14.2. The Morgan fingerprint density at radius 3 is 1.69 bits per heavy atom. The third kappa shape index (κ3) is 9.70. The monoisotopic (exact) mass is 745 g/mol. The molecule has 0 fully saturated rings. The number of benzene rings is 1. The number of pyridine rings is 2. The molecule has 13 heteroatoms. The topological polar surface area (TPSA) is 129 Å². The van der Waals surface area contributed by atoms with E-state index in [4.69, 9.17) is 27.1 Å². The maximum Gasteiger partial charge on any atom is 0.343 e. The van der Waals surface area contributed by atoms with Crippen LogP contribution >= 0.6 is 22.7 Å². The highest BCUT2D eigenvalue weighted by Gasteiger charge is 2.26. The van der Waals surface area contributed by atoms with E-state index in [9.17, 15) is 24.3 Å². The minimum atomic E-state index is -0.711. The molecule has 0 amide bonds. The summed E-state index contributed by atoms with van der Waals surface area (Å²) >= 11 is 2.59. The molecule has 0 aliphatic carbocycles. The molecule has 0 unspecified atom stereocenters. The molecule has 4 heterocycles. The number of thiophene rings is 2. The molecule has 0 aliphatic rings. The number of hydrogen-bond donors (Lipinski definition) is 1. The number of fused-ring (bicyclic) bond motifs is 2. The van der Waals surface area contributed by atoms with Crippen LogP contribution in [0.3, 0.4) is 0 Å². The average molecular weight is 746 g/mol. The van der Waals surface area contributed by atoms with Gasteiger partial charge in [0.15, 0.2) is 5.75 Å². The summed E-state index contributed by atoms with van der Waals surface area (Å²) in [6, 6.07) is 12.9. The van der Waals surface area contributed by atoms with E-state index in [0.29, 0.717) is 20.4 Å². The quantitative estimate of drug-likeness (QED) is 0.114. The summed E-state index contributed by atoms with van der Waals surface area (Å²) in [5, 5.41) is 13.5. The van der Waals surface area contributed by atoms with Crippen LogP contribution in [0.5, 0.6) is 11.5 Å². The standard InChI is InChI=1S/C20H17NO4S.C13H11NO4S.C6H15N/c1-3-11-21-15-10-12-26-18(15)16(20(23)24-4-2)17(19(21)22)25-13-14-8-6-5-7-9-14;1-3-6-14-8-5-7-19-11(8)9(10(15)12(14)16)13(17)18-4-2;1-4-7(5-2)6-3/h1,5-10,12H,4,11,13H2,2H3;1,5,7,15H,4,6H2,2H3;4-6H2,1-3H3. The Bertz CT molecular complexity index is 2160. The Balaban J connectivity index is 0.000000245. The number of rotatable bonds is 12. The molecule has 0 spiro atoms. The van der Waals surface area contributed by atoms with Gasteiger partial charge in [-0.1, -0.05) is 62.9 Å². The van der Waals surface area contributed by atoms with Crippen LogP contribution in [-0.2, 0) is 29.2 Å². The molecule has 0 radical (unpaired) electrons. The molecule has 4 aromatic heterocycles. The van der Waals surface area contributed by atoms with Gasteiger partial charge in [-0.15, -0.1) is 35.5 Å². The second kappa shape index (κ2) is 20.5. The average Bonchev–Trinajstić information content (AvgIpc) is 3.83. The number of aromatic hydroxyl groups is 1. The first-order valence-corrected chi connectivity index (χ1v) is 18.5. The zero-order valence-electron chi connectivity index (χ0n) is 30.0. The Morgan fingerprint density at radius 2 is 1.23 bits per heavy atom. The Kier molecular flexibility index (Phi) is 16.2. The van der Waals surface area contributed by atoms with Crippen molar-refractivity contribution in [3.8, 4) is 36.2 Å². The van der Waals surface area contributed by atoms with Crippen LogP contribution in [0.1, 0.15) is 60.9 Å². The fourth-order valence-electron chi connectivity index (χ4n) is 5.11. The molecule has 5 aromatic rings. The van der Waals surface area contributed by atoms with Crippen molar-refractivity contribution in [2.75, 3.05) is 32.8 Å². The maximum atomic E-state index is 13.0. The SMILES string of the molecule is C#CCn1c(=O)c(O)c(C(=O)OCC)c2sccc21.C#CCn1c(=O)c(OCc2ccccc2)c(C(=O)OCC)c2sccc21.CCN(CC)CC. The van der Waals surface area contributed by atoms with Crippen LogP contribution < -0.4 is 15.9 Å². The first-order chi connectivity index (χ1) is 25.1. The first kappa shape index (κ1) is 41.1. The fraction of sp³-hybridized carbons (Fsp3) is 0.333. The van der Waals surface area contributed by atoms with Crippen molar-refractivity contribution in [1.82, 2.24) is 14.0 Å². The van der Waals surface area contributed by atoms with Gasteiger partial charge < -0.3 is 24.2 Å². The van der Waals surface area contributed by atoms with Crippen molar-refractivity contribution >= 4 is 55.0 Å². The van der Waals surface area contributed by atoms with E-state index < -0.39 is 28.8 Å². The highest BCUT2D eigenvalue weighted by atomic mass is 32.1. The number of carbonyl (C=O) groups excluding carboxylic acids is 2. The number of ether oxygens (including phenoxy) is 3. The lowest BCUT2D eigenvalue weighted by Gasteiger charge is -2.14. The molecule has 1 aromatic carbocycles. The van der Waals surface area contributed by atoms with Gasteiger partial charge in [-0.3, -0.25) is 18.7 Å². The molecule has 0 aliphatic heterocycles. The molecular formula is C39H43N3O8S2. The summed E-state index contributed by atoms with van der Waals surface area (Å²) in [5.41, 5.74) is 0.953. The van der Waals surface area contributed by atoms with E-state index in [0.717, 1.165) is 5.56 Å². The van der Waals surface area contributed by atoms with E-state index in [2.05, 4.69) is 37.5 Å². The normalized spacial score (nSPS) is 10.4. The van der Waals surface area contributed by atoms with Crippen molar-refractivity contribution in [1.29, 1.82) is 0 Å². The van der Waals surface area contributed by atoms with Crippen molar-refractivity contribution in [3.63, 3.8) is 0 Å². The van der Waals surface area contributed by atoms with Crippen molar-refractivity contribution in [3.05, 3.63) is 90.6 Å². The number of esters is 2. The van der Waals surface area contributed by atoms with Crippen LogP contribution in [0.2, 0.25) is 0 Å². The van der Waals surface area contributed by atoms with E-state index in [1.54, 1.807) is 36.7 Å². The van der Waals surface area contributed by atoms with Crippen LogP contribution in [0.4, 0.5) is 0 Å². The van der Waals surface area contributed by atoms with Crippen molar-refractivity contribution in [2.45, 2.75) is 54.3 Å². The molecule has 0 bridgehead atoms. The first-order valence-electron chi connectivity index (χ1n) is 16.7. The molecular weight excluding hydrogens is 703 g/mol. The van der Waals surface area contributed by atoms with Gasteiger partial charge in [0.2, 0.25) is 5.75 Å². The predicted octanol–water partition coefficient (Wildman–Crippen LogP) is 6.38. The van der Waals surface area contributed by atoms with E-state index in [1.807, 2.05) is 30.3 Å². The minimum Gasteiger partial charge on any atom is -0.502 e. The molecule has 5 rings (SSSR count). The number of carbonyl (C=O) groups is 2. The molecule has 0 atom stereocenters. The maximum absolute atomic E-state index is 13.0. The lowest BCUT2D eigenvalue weighted by molar-refractivity contribution is 0.0514. The second-order valence-electron chi connectivity index (χ2n) is 10.7. The van der Waals surface area contributed by atoms with Crippen molar-refractivity contribution in [2.24, 2.45) is 0 Å². The van der Waals surface area contributed by atoms with E-state index in [1.165, 1.54) is 51.4 Å². The summed E-state index contributed by atoms with van der Waals surface area (Å²) in [4.78, 5) is 51.7. The highest BCUT2D eigenvalue weighted by Crippen LogP contribution is 2.31. The summed E-state index contributed by atoms with van der Waals surface area (Å²) in [5.74, 6) is 2.89. The third-order valence-electron chi connectivity index (χ3n) is 7.70. The second-order valence-corrected chi connectivity index (χ2v) is 12.6. The predicted molar refractivity (Wildman–Crippen MR) is 208 cm³/mol. The summed E-state index contributed by atoms with van der Waals surface area (Å²) in [6.07, 6.45) is 10.6. The highest BCUT2D eigenvalue weighted by molar-refractivity contribution is 7.17. The van der Waals surface area contributed by atoms with Crippen molar-refractivity contribution < 1.29 is 28.9 Å². The van der Waals surface area contributed by atoms with Gasteiger partial charge in [0.25, 0.3) is 11.1 Å². The largest absolute Gasteiger partial charge is 0.502 e. The fourth-order valence-corrected chi connectivity index (χ4v) is 6.97. The van der Waals surface area contributed by atoms with Crippen LogP contribution in [0, 0.1) is 24.7 Å². The Labute approximate surface area is 311 Å². The van der Waals surface area contributed by atoms with E-state index >= 15 is 0 Å². The summed E-state index contributed by atoms with van der Waals surface area (Å²) in [7, 11) is 0. The zero-order valence-corrected chi connectivity index (χ0v) is 31.6. The molecule has 274 valence electrons. The molecule has 1 N–H and O–H groups in total. The number of hydrogen-bond acceptors (Lipinski definition) is 11. The number of aromatic nitrogens is 2. The van der Waals surface area contributed by atoms with E-state index in [-0.39, 0.29) is 49.8 Å². The molecule has 0 saturated carbocycles. The lowest BCUT2D eigenvalue weighted by Crippen LogP contribution is -2.25. The van der Waals surface area contributed by atoms with Gasteiger partial charge in [-0.05, 0) is 61.9 Å². The van der Waals surface area contributed by atoms with Gasteiger partial charge >= 0.3 is 11.9 Å². The van der Waals surface area contributed by atoms with Crippen LogP contribution in [-0.4, -0.2) is 63.9 Å². The smallest absolute Gasteiger partial charge is 0.343 e. The Morgan fingerprint density at radius 1 is 0.750 bits per heavy atom. The third-order valence-corrected chi connectivity index (χ3v) is 9.54. The van der Waals surface area contributed by atoms with Crippen LogP contribution in [0.25, 0.3) is 20.4 Å². The minimum absolute atomic E-state index is 0.0301. The molecule has 0 saturated heterocycles. The van der Waals surface area contributed by atoms with Gasteiger partial charge in [0.1, 0.15) is 17.7 Å². The van der Waals surface area contributed by atoms with Gasteiger partial charge in [0, 0.05) is 0 Å². The van der Waals surface area contributed by atoms with Gasteiger partial charge in [-0.25, -0.2) is 9.59 Å². The summed E-state index contributed by atoms with van der Waals surface area (Å²) < 4.78 is 19.6. The van der Waals surface area contributed by atoms with Gasteiger partial charge in [0.05, 0.1) is 46.7 Å². The number of nitrogens with zero attached hydrogens (tertiary/aromatic N) is 3.